The fraction of sp³-hybridized carbons (Fsp3) is 0.375. The molecule has 1 N–H and O–H groups in total. The Hall–Kier alpha value is -2.14. The highest BCUT2D eigenvalue weighted by molar-refractivity contribution is 5.76. The van der Waals surface area contributed by atoms with Crippen LogP contribution in [-0.4, -0.2) is 27.6 Å². The number of rotatable bonds is 2. The first kappa shape index (κ1) is 12.6. The van der Waals surface area contributed by atoms with E-state index in [4.69, 9.17) is 9.40 Å². The van der Waals surface area contributed by atoms with Crippen molar-refractivity contribution in [3.63, 3.8) is 0 Å². The third-order valence-corrected chi connectivity index (χ3v) is 4.08. The maximum Gasteiger partial charge on any atom is 0.178 e. The standard InChI is InChI=1S/C16H18N4O/c1-11-4-5-14(21-11)16-19-13-3-2-8-18-15(13)20(16)12-6-9-17-10-7-12/h2-5,8,12,17H,6-7,9-10H2,1H3. The average Bonchev–Trinajstić information content (AvgIpc) is 3.11. The molecule has 1 fully saturated rings. The second kappa shape index (κ2) is 5.00. The van der Waals surface area contributed by atoms with Crippen LogP contribution in [0.5, 0.6) is 0 Å². The Morgan fingerprint density at radius 3 is 2.86 bits per heavy atom. The Morgan fingerprint density at radius 1 is 1.24 bits per heavy atom. The van der Waals surface area contributed by atoms with E-state index in [2.05, 4.69) is 14.9 Å². The molecule has 21 heavy (non-hydrogen) atoms. The first-order valence-corrected chi connectivity index (χ1v) is 7.43. The predicted molar refractivity (Wildman–Crippen MR) is 81.1 cm³/mol. The zero-order valence-corrected chi connectivity index (χ0v) is 12.0. The number of nitrogens with zero attached hydrogens (tertiary/aromatic N) is 3. The molecule has 0 atom stereocenters. The third kappa shape index (κ3) is 2.14. The molecule has 3 aromatic rings. The molecule has 1 aliphatic heterocycles. The number of hydrogen-bond acceptors (Lipinski definition) is 4. The van der Waals surface area contributed by atoms with E-state index >= 15 is 0 Å². The molecule has 1 aliphatic rings. The summed E-state index contributed by atoms with van der Waals surface area (Å²) in [6.07, 6.45) is 4.02. The molecule has 0 radical (unpaired) electrons. The van der Waals surface area contributed by atoms with Gasteiger partial charge in [0.05, 0.1) is 0 Å². The molecule has 0 unspecified atom stereocenters. The van der Waals surface area contributed by atoms with Gasteiger partial charge >= 0.3 is 0 Å². The molecule has 0 saturated carbocycles. The normalized spacial score (nSPS) is 16.6. The molecule has 3 aromatic heterocycles. The van der Waals surface area contributed by atoms with E-state index in [0.29, 0.717) is 6.04 Å². The van der Waals surface area contributed by atoms with Crippen molar-refractivity contribution >= 4 is 11.2 Å². The predicted octanol–water partition coefficient (Wildman–Crippen LogP) is 2.92. The molecule has 0 spiro atoms. The van der Waals surface area contributed by atoms with Crippen LogP contribution in [0.25, 0.3) is 22.7 Å². The van der Waals surface area contributed by atoms with Gasteiger partial charge in [0.2, 0.25) is 0 Å². The minimum Gasteiger partial charge on any atom is -0.458 e. The lowest BCUT2D eigenvalue weighted by molar-refractivity contribution is 0.373. The zero-order chi connectivity index (χ0) is 14.2. The molecule has 0 bridgehead atoms. The highest BCUT2D eigenvalue weighted by atomic mass is 16.3. The summed E-state index contributed by atoms with van der Waals surface area (Å²) in [5, 5.41) is 3.41. The van der Waals surface area contributed by atoms with Crippen molar-refractivity contribution in [1.82, 2.24) is 19.9 Å². The Bertz CT molecular complexity index is 768. The molecular formula is C16H18N4O. The smallest absolute Gasteiger partial charge is 0.178 e. The number of hydrogen-bond donors (Lipinski definition) is 1. The monoisotopic (exact) mass is 282 g/mol. The van der Waals surface area contributed by atoms with E-state index in [1.807, 2.05) is 37.4 Å². The molecule has 4 rings (SSSR count). The highest BCUT2D eigenvalue weighted by Crippen LogP contribution is 2.31. The minimum atomic E-state index is 0.423. The lowest BCUT2D eigenvalue weighted by Crippen LogP contribution is -2.29. The third-order valence-electron chi connectivity index (χ3n) is 4.08. The van der Waals surface area contributed by atoms with E-state index in [-0.39, 0.29) is 0 Å². The highest BCUT2D eigenvalue weighted by Gasteiger charge is 2.24. The molecule has 108 valence electrons. The maximum absolute atomic E-state index is 5.80. The summed E-state index contributed by atoms with van der Waals surface area (Å²) < 4.78 is 8.06. The van der Waals surface area contributed by atoms with Crippen LogP contribution in [0.2, 0.25) is 0 Å². The molecule has 5 heteroatoms. The van der Waals surface area contributed by atoms with Crippen LogP contribution in [0.4, 0.5) is 0 Å². The van der Waals surface area contributed by atoms with Crippen LogP contribution in [0.3, 0.4) is 0 Å². The fourth-order valence-electron chi connectivity index (χ4n) is 3.07. The van der Waals surface area contributed by atoms with Crippen molar-refractivity contribution in [2.75, 3.05) is 13.1 Å². The van der Waals surface area contributed by atoms with Gasteiger partial charge in [0.25, 0.3) is 0 Å². The van der Waals surface area contributed by atoms with Crippen LogP contribution in [0.15, 0.2) is 34.9 Å². The number of pyridine rings is 1. The van der Waals surface area contributed by atoms with Gasteiger partial charge in [-0.05, 0) is 57.1 Å². The molecule has 0 amide bonds. The fourth-order valence-corrected chi connectivity index (χ4v) is 3.07. The lowest BCUT2D eigenvalue weighted by atomic mass is 10.1. The van der Waals surface area contributed by atoms with Gasteiger partial charge in [-0.25, -0.2) is 9.97 Å². The Morgan fingerprint density at radius 2 is 2.10 bits per heavy atom. The largest absolute Gasteiger partial charge is 0.458 e. The number of imidazole rings is 1. The average molecular weight is 282 g/mol. The number of aryl methyl sites for hydroxylation is 1. The van der Waals surface area contributed by atoms with Gasteiger partial charge < -0.3 is 14.3 Å². The molecule has 0 aliphatic carbocycles. The Balaban J connectivity index is 1.92. The van der Waals surface area contributed by atoms with E-state index in [1.54, 1.807) is 0 Å². The first-order valence-electron chi connectivity index (χ1n) is 7.43. The van der Waals surface area contributed by atoms with Crippen LogP contribution in [0, 0.1) is 6.92 Å². The van der Waals surface area contributed by atoms with Crippen LogP contribution in [-0.2, 0) is 0 Å². The lowest BCUT2D eigenvalue weighted by Gasteiger charge is -2.25. The molecule has 4 heterocycles. The minimum absolute atomic E-state index is 0.423. The quantitative estimate of drug-likeness (QED) is 0.785. The molecular weight excluding hydrogens is 264 g/mol. The Labute approximate surface area is 123 Å². The number of piperidine rings is 1. The van der Waals surface area contributed by atoms with Crippen molar-refractivity contribution in [3.05, 3.63) is 36.2 Å². The maximum atomic E-state index is 5.80. The number of aromatic nitrogens is 3. The van der Waals surface area contributed by atoms with Gasteiger partial charge in [-0.1, -0.05) is 0 Å². The summed E-state index contributed by atoms with van der Waals surface area (Å²) in [5.74, 6) is 2.62. The molecule has 1 saturated heterocycles. The van der Waals surface area contributed by atoms with E-state index in [0.717, 1.165) is 54.4 Å². The van der Waals surface area contributed by atoms with Crippen molar-refractivity contribution < 1.29 is 4.42 Å². The van der Waals surface area contributed by atoms with Gasteiger partial charge in [-0.15, -0.1) is 0 Å². The van der Waals surface area contributed by atoms with Gasteiger partial charge in [0.15, 0.2) is 17.2 Å². The van der Waals surface area contributed by atoms with E-state index < -0.39 is 0 Å². The van der Waals surface area contributed by atoms with E-state index in [1.165, 1.54) is 0 Å². The summed E-state index contributed by atoms with van der Waals surface area (Å²) in [5.41, 5.74) is 1.88. The number of nitrogens with one attached hydrogen (secondary N) is 1. The topological polar surface area (TPSA) is 55.9 Å². The second-order valence-corrected chi connectivity index (χ2v) is 5.54. The molecule has 5 nitrogen and oxygen atoms in total. The zero-order valence-electron chi connectivity index (χ0n) is 12.0. The number of furan rings is 1. The van der Waals surface area contributed by atoms with Crippen LogP contribution in [0.1, 0.15) is 24.6 Å². The summed E-state index contributed by atoms with van der Waals surface area (Å²) in [4.78, 5) is 9.31. The summed E-state index contributed by atoms with van der Waals surface area (Å²) in [7, 11) is 0. The van der Waals surface area contributed by atoms with Crippen molar-refractivity contribution in [1.29, 1.82) is 0 Å². The van der Waals surface area contributed by atoms with E-state index in [9.17, 15) is 0 Å². The van der Waals surface area contributed by atoms with Crippen molar-refractivity contribution in [2.45, 2.75) is 25.8 Å². The first-order chi connectivity index (χ1) is 10.3. The Kier molecular flexibility index (Phi) is 3.00. The van der Waals surface area contributed by atoms with Crippen LogP contribution < -0.4 is 5.32 Å². The summed E-state index contributed by atoms with van der Waals surface area (Å²) in [6, 6.07) is 8.34. The van der Waals surface area contributed by atoms with Gasteiger partial charge in [0, 0.05) is 12.2 Å². The summed E-state index contributed by atoms with van der Waals surface area (Å²) in [6.45, 7) is 4.03. The second-order valence-electron chi connectivity index (χ2n) is 5.54. The molecule has 0 aromatic carbocycles. The van der Waals surface area contributed by atoms with Crippen molar-refractivity contribution in [2.24, 2.45) is 0 Å². The SMILES string of the molecule is Cc1ccc(-c2nc3cccnc3n2C2CCNCC2)o1. The van der Waals surface area contributed by atoms with Crippen molar-refractivity contribution in [3.8, 4) is 11.6 Å². The van der Waals surface area contributed by atoms with Gasteiger partial charge in [-0.2, -0.15) is 0 Å². The van der Waals surface area contributed by atoms with Gasteiger partial charge in [0.1, 0.15) is 11.3 Å². The number of fused-ring (bicyclic) bond motifs is 1. The summed E-state index contributed by atoms with van der Waals surface area (Å²) >= 11 is 0. The van der Waals surface area contributed by atoms with Gasteiger partial charge in [-0.3, -0.25) is 0 Å². The van der Waals surface area contributed by atoms with Crippen LogP contribution >= 0.6 is 0 Å².